The van der Waals surface area contributed by atoms with Crippen molar-refractivity contribution in [1.29, 1.82) is 0 Å². The van der Waals surface area contributed by atoms with Gasteiger partial charge in [-0.1, -0.05) is 0 Å². The van der Waals surface area contributed by atoms with Crippen molar-refractivity contribution in [3.05, 3.63) is 17.0 Å². The normalized spacial score (nSPS) is 23.7. The molecule has 3 rings (SSSR count). The van der Waals surface area contributed by atoms with Crippen LogP contribution in [0.15, 0.2) is 0 Å². The molecule has 2 saturated heterocycles. The van der Waals surface area contributed by atoms with E-state index in [0.717, 1.165) is 75.4 Å². The fourth-order valence-corrected chi connectivity index (χ4v) is 4.22. The number of aliphatic hydroxyl groups is 1. The Labute approximate surface area is 144 Å². The van der Waals surface area contributed by atoms with E-state index < -0.39 is 0 Å². The second-order valence-electron chi connectivity index (χ2n) is 7.18. The summed E-state index contributed by atoms with van der Waals surface area (Å²) in [6, 6.07) is 0.504. The Kier molecular flexibility index (Phi) is 5.25. The summed E-state index contributed by atoms with van der Waals surface area (Å²) in [5.41, 5.74) is 2.59. The number of aryl methyl sites for hydroxylation is 2. The third kappa shape index (κ3) is 3.35. The lowest BCUT2D eigenvalue weighted by Crippen LogP contribution is -2.50. The molecule has 1 aromatic heterocycles. The summed E-state index contributed by atoms with van der Waals surface area (Å²) in [5.74, 6) is 0.127. The molecule has 6 heteroatoms. The van der Waals surface area contributed by atoms with E-state index in [-0.39, 0.29) is 12.0 Å². The highest BCUT2D eigenvalue weighted by Crippen LogP contribution is 2.23. The van der Waals surface area contributed by atoms with Crippen LogP contribution in [-0.2, 0) is 6.54 Å². The lowest BCUT2D eigenvalue weighted by atomic mass is 9.98. The number of carbonyl (C=O) groups excluding carboxylic acids is 1. The first-order valence-corrected chi connectivity index (χ1v) is 9.26. The van der Waals surface area contributed by atoms with Gasteiger partial charge in [-0.15, -0.1) is 0 Å². The lowest BCUT2D eigenvalue weighted by molar-refractivity contribution is 0.0240. The topological polar surface area (TPSA) is 61.6 Å². The number of hydrogen-bond acceptors (Lipinski definition) is 4. The van der Waals surface area contributed by atoms with Gasteiger partial charge in [-0.2, -0.15) is 5.10 Å². The summed E-state index contributed by atoms with van der Waals surface area (Å²) in [6.07, 6.45) is 3.82. The average Bonchev–Trinajstić information content (AvgIpc) is 2.88. The van der Waals surface area contributed by atoms with E-state index in [1.54, 1.807) is 0 Å². The van der Waals surface area contributed by atoms with Crippen molar-refractivity contribution in [3.63, 3.8) is 0 Å². The molecule has 1 atom stereocenters. The fourth-order valence-electron chi connectivity index (χ4n) is 4.22. The van der Waals surface area contributed by atoms with Gasteiger partial charge in [0.1, 0.15) is 0 Å². The molecule has 0 spiro atoms. The Bertz CT molecular complexity index is 590. The van der Waals surface area contributed by atoms with Gasteiger partial charge in [-0.05, 0) is 53.0 Å². The van der Waals surface area contributed by atoms with Crippen molar-refractivity contribution in [2.45, 2.75) is 65.1 Å². The van der Waals surface area contributed by atoms with Crippen LogP contribution in [0.2, 0.25) is 0 Å². The van der Waals surface area contributed by atoms with Gasteiger partial charge in [0, 0.05) is 37.9 Å². The van der Waals surface area contributed by atoms with Crippen LogP contribution in [0, 0.1) is 13.8 Å². The molecule has 3 heterocycles. The first-order valence-electron chi connectivity index (χ1n) is 9.26. The third-order valence-electron chi connectivity index (χ3n) is 5.59. The number of aliphatic hydroxyl groups excluding tert-OH is 1. The summed E-state index contributed by atoms with van der Waals surface area (Å²) in [5, 5.41) is 14.3. The Morgan fingerprint density at radius 3 is 2.50 bits per heavy atom. The van der Waals surface area contributed by atoms with Crippen LogP contribution in [0.4, 0.5) is 0 Å². The highest BCUT2D eigenvalue weighted by Gasteiger charge is 2.31. The predicted molar refractivity (Wildman–Crippen MR) is 93.1 cm³/mol. The van der Waals surface area contributed by atoms with Gasteiger partial charge < -0.3 is 10.0 Å². The zero-order valence-electron chi connectivity index (χ0n) is 15.2. The van der Waals surface area contributed by atoms with E-state index in [0.29, 0.717) is 6.04 Å². The van der Waals surface area contributed by atoms with E-state index in [2.05, 4.69) is 10.00 Å². The molecule has 2 aliphatic heterocycles. The van der Waals surface area contributed by atoms with Crippen LogP contribution in [0.3, 0.4) is 0 Å². The Morgan fingerprint density at radius 1 is 1.21 bits per heavy atom. The van der Waals surface area contributed by atoms with E-state index in [1.807, 2.05) is 30.4 Å². The number of β-amino-alcohol motifs (C(OH)–C–C–N with tert-alkyl or cyclic N) is 1. The maximum Gasteiger partial charge on any atom is 0.257 e. The van der Waals surface area contributed by atoms with Crippen LogP contribution < -0.4 is 0 Å². The van der Waals surface area contributed by atoms with Crippen LogP contribution in [-0.4, -0.2) is 68.9 Å². The van der Waals surface area contributed by atoms with Crippen molar-refractivity contribution < 1.29 is 9.90 Å². The lowest BCUT2D eigenvalue weighted by Gasteiger charge is -2.41. The minimum Gasteiger partial charge on any atom is -0.392 e. The highest BCUT2D eigenvalue weighted by atomic mass is 16.3. The zero-order valence-corrected chi connectivity index (χ0v) is 15.2. The monoisotopic (exact) mass is 334 g/mol. The number of piperidine rings is 2. The van der Waals surface area contributed by atoms with Gasteiger partial charge in [-0.25, -0.2) is 0 Å². The first kappa shape index (κ1) is 17.4. The summed E-state index contributed by atoms with van der Waals surface area (Å²) in [7, 11) is 0. The SMILES string of the molecule is CCn1nc(C)c(C(=O)N2CCC(N3CCC[C@H](O)C3)CC2)c1C. The van der Waals surface area contributed by atoms with Crippen molar-refractivity contribution in [3.8, 4) is 0 Å². The Hall–Kier alpha value is -1.40. The van der Waals surface area contributed by atoms with Crippen molar-refractivity contribution >= 4 is 5.91 Å². The van der Waals surface area contributed by atoms with E-state index in [4.69, 9.17) is 0 Å². The quantitative estimate of drug-likeness (QED) is 0.912. The average molecular weight is 334 g/mol. The van der Waals surface area contributed by atoms with Gasteiger partial charge in [-0.3, -0.25) is 14.4 Å². The van der Waals surface area contributed by atoms with Gasteiger partial charge in [0.2, 0.25) is 0 Å². The van der Waals surface area contributed by atoms with Crippen LogP contribution in [0.25, 0.3) is 0 Å². The van der Waals surface area contributed by atoms with Gasteiger partial charge in [0.25, 0.3) is 5.91 Å². The number of rotatable bonds is 3. The minimum atomic E-state index is -0.177. The molecule has 24 heavy (non-hydrogen) atoms. The number of amides is 1. The summed E-state index contributed by atoms with van der Waals surface area (Å²) >= 11 is 0. The van der Waals surface area contributed by atoms with E-state index in [1.165, 1.54) is 0 Å². The second-order valence-corrected chi connectivity index (χ2v) is 7.18. The second kappa shape index (κ2) is 7.23. The maximum absolute atomic E-state index is 12.9. The number of likely N-dealkylation sites (tertiary alicyclic amines) is 2. The molecule has 1 N–H and O–H groups in total. The summed E-state index contributed by atoms with van der Waals surface area (Å²) < 4.78 is 1.91. The Balaban J connectivity index is 1.62. The zero-order chi connectivity index (χ0) is 17.3. The number of nitrogens with zero attached hydrogens (tertiary/aromatic N) is 4. The molecule has 2 fully saturated rings. The van der Waals surface area contributed by atoms with Crippen molar-refractivity contribution in [2.75, 3.05) is 26.2 Å². The molecule has 2 aliphatic rings. The molecule has 0 unspecified atom stereocenters. The molecule has 1 aromatic rings. The van der Waals surface area contributed by atoms with Gasteiger partial charge in [0.15, 0.2) is 0 Å². The molecule has 0 aromatic carbocycles. The summed E-state index contributed by atoms with van der Waals surface area (Å²) in [6.45, 7) is 10.2. The maximum atomic E-state index is 12.9. The standard InChI is InChI=1S/C18H30N4O2/c1-4-22-14(3)17(13(2)19-22)18(24)20-10-7-15(8-11-20)21-9-5-6-16(23)12-21/h15-16,23H,4-12H2,1-3H3/t16-/m0/s1. The largest absolute Gasteiger partial charge is 0.392 e. The molecule has 134 valence electrons. The highest BCUT2D eigenvalue weighted by molar-refractivity contribution is 5.96. The predicted octanol–water partition coefficient (Wildman–Crippen LogP) is 1.58. The third-order valence-corrected chi connectivity index (χ3v) is 5.59. The molecule has 0 saturated carbocycles. The van der Waals surface area contributed by atoms with E-state index in [9.17, 15) is 9.90 Å². The fraction of sp³-hybridized carbons (Fsp3) is 0.778. The molecular formula is C18H30N4O2. The van der Waals surface area contributed by atoms with Crippen LogP contribution >= 0.6 is 0 Å². The minimum absolute atomic E-state index is 0.127. The van der Waals surface area contributed by atoms with Crippen LogP contribution in [0.1, 0.15) is 54.4 Å². The molecule has 0 radical (unpaired) electrons. The molecule has 1 amide bonds. The molecule has 6 nitrogen and oxygen atoms in total. The first-order chi connectivity index (χ1) is 11.5. The van der Waals surface area contributed by atoms with Crippen LogP contribution in [0.5, 0.6) is 0 Å². The van der Waals surface area contributed by atoms with Crippen molar-refractivity contribution in [1.82, 2.24) is 19.6 Å². The van der Waals surface area contributed by atoms with E-state index >= 15 is 0 Å². The smallest absolute Gasteiger partial charge is 0.257 e. The molecular weight excluding hydrogens is 304 g/mol. The molecule has 0 bridgehead atoms. The molecule has 0 aliphatic carbocycles. The van der Waals surface area contributed by atoms with Gasteiger partial charge >= 0.3 is 0 Å². The number of carbonyl (C=O) groups is 1. The summed E-state index contributed by atoms with van der Waals surface area (Å²) in [4.78, 5) is 17.3. The number of hydrogen-bond donors (Lipinski definition) is 1. The number of aromatic nitrogens is 2. The van der Waals surface area contributed by atoms with Crippen molar-refractivity contribution in [2.24, 2.45) is 0 Å². The Morgan fingerprint density at radius 2 is 1.92 bits per heavy atom. The van der Waals surface area contributed by atoms with Gasteiger partial charge in [0.05, 0.1) is 17.4 Å².